The van der Waals surface area contributed by atoms with Crippen molar-refractivity contribution >= 4 is 10.0 Å². The van der Waals surface area contributed by atoms with E-state index in [2.05, 4.69) is 15.0 Å². The highest BCUT2D eigenvalue weighted by molar-refractivity contribution is 7.89. The number of fused-ring (bicyclic) bond motifs is 1. The van der Waals surface area contributed by atoms with Gasteiger partial charge in [0.05, 0.1) is 11.2 Å². The molecular weight excluding hydrogens is 316 g/mol. The van der Waals surface area contributed by atoms with Crippen LogP contribution in [-0.4, -0.2) is 66.2 Å². The number of hydrogen-bond acceptors (Lipinski definition) is 6. The van der Waals surface area contributed by atoms with Crippen molar-refractivity contribution in [2.24, 2.45) is 11.8 Å². The number of aromatic nitrogens is 2. The SMILES string of the molecule is CCS(=O)(=O)N1C[C@@H]2CN(CC3CC3)C[C@]2(c2nc(C)no2)C1. The maximum Gasteiger partial charge on any atom is 0.235 e. The van der Waals surface area contributed by atoms with Crippen LogP contribution in [0.1, 0.15) is 31.5 Å². The molecule has 2 atom stereocenters. The van der Waals surface area contributed by atoms with Crippen LogP contribution in [0.2, 0.25) is 0 Å². The van der Waals surface area contributed by atoms with E-state index in [9.17, 15) is 8.42 Å². The van der Waals surface area contributed by atoms with Crippen LogP contribution in [0.4, 0.5) is 0 Å². The van der Waals surface area contributed by atoms with Gasteiger partial charge in [-0.25, -0.2) is 12.7 Å². The number of sulfonamides is 1. The van der Waals surface area contributed by atoms with Crippen LogP contribution in [-0.2, 0) is 15.4 Å². The zero-order valence-electron chi connectivity index (χ0n) is 13.7. The van der Waals surface area contributed by atoms with Crippen molar-refractivity contribution in [2.45, 2.75) is 32.1 Å². The molecule has 0 amide bonds. The smallest absolute Gasteiger partial charge is 0.235 e. The van der Waals surface area contributed by atoms with Gasteiger partial charge in [-0.1, -0.05) is 5.16 Å². The van der Waals surface area contributed by atoms with Crippen LogP contribution < -0.4 is 0 Å². The zero-order chi connectivity index (χ0) is 16.2. The molecule has 0 bridgehead atoms. The van der Waals surface area contributed by atoms with Crippen LogP contribution in [0.5, 0.6) is 0 Å². The monoisotopic (exact) mass is 340 g/mol. The molecule has 2 saturated heterocycles. The molecule has 0 aromatic carbocycles. The lowest BCUT2D eigenvalue weighted by molar-refractivity contribution is 0.243. The van der Waals surface area contributed by atoms with Crippen molar-refractivity contribution in [3.63, 3.8) is 0 Å². The molecule has 7 nitrogen and oxygen atoms in total. The first-order valence-electron chi connectivity index (χ1n) is 8.44. The lowest BCUT2D eigenvalue weighted by atomic mass is 9.81. The molecule has 0 radical (unpaired) electrons. The maximum atomic E-state index is 12.3. The molecule has 0 N–H and O–H groups in total. The van der Waals surface area contributed by atoms with Crippen LogP contribution in [0.15, 0.2) is 4.52 Å². The van der Waals surface area contributed by atoms with Gasteiger partial charge in [-0.05, 0) is 32.6 Å². The molecule has 8 heteroatoms. The van der Waals surface area contributed by atoms with E-state index in [0.717, 1.165) is 25.6 Å². The van der Waals surface area contributed by atoms with Gasteiger partial charge < -0.3 is 9.42 Å². The Morgan fingerprint density at radius 3 is 2.70 bits per heavy atom. The van der Waals surface area contributed by atoms with Gasteiger partial charge in [0.25, 0.3) is 0 Å². The number of hydrogen-bond donors (Lipinski definition) is 0. The second-order valence-electron chi connectivity index (χ2n) is 7.33. The largest absolute Gasteiger partial charge is 0.339 e. The Bertz CT molecular complexity index is 699. The van der Waals surface area contributed by atoms with Crippen molar-refractivity contribution in [1.29, 1.82) is 0 Å². The molecule has 1 aromatic rings. The summed E-state index contributed by atoms with van der Waals surface area (Å²) in [4.78, 5) is 6.94. The fraction of sp³-hybridized carbons (Fsp3) is 0.867. The average molecular weight is 340 g/mol. The minimum absolute atomic E-state index is 0.143. The second-order valence-corrected chi connectivity index (χ2v) is 9.59. The molecule has 3 heterocycles. The Kier molecular flexibility index (Phi) is 3.55. The van der Waals surface area contributed by atoms with E-state index in [4.69, 9.17) is 4.52 Å². The van der Waals surface area contributed by atoms with Gasteiger partial charge in [0.2, 0.25) is 15.9 Å². The summed E-state index contributed by atoms with van der Waals surface area (Å²) in [6, 6.07) is 0. The van der Waals surface area contributed by atoms with Gasteiger partial charge in [-0.2, -0.15) is 4.98 Å². The van der Waals surface area contributed by atoms with E-state index in [-0.39, 0.29) is 17.1 Å². The Labute approximate surface area is 137 Å². The highest BCUT2D eigenvalue weighted by Crippen LogP contribution is 2.46. The first-order chi connectivity index (χ1) is 10.9. The molecular formula is C15H24N4O3S. The maximum absolute atomic E-state index is 12.3. The van der Waals surface area contributed by atoms with Crippen LogP contribution in [0.3, 0.4) is 0 Å². The van der Waals surface area contributed by atoms with Gasteiger partial charge in [-0.3, -0.25) is 0 Å². The van der Waals surface area contributed by atoms with Crippen molar-refractivity contribution in [1.82, 2.24) is 19.3 Å². The Morgan fingerprint density at radius 2 is 2.09 bits per heavy atom. The van der Waals surface area contributed by atoms with E-state index in [0.29, 0.717) is 24.8 Å². The van der Waals surface area contributed by atoms with Gasteiger partial charge in [-0.15, -0.1) is 0 Å². The highest BCUT2D eigenvalue weighted by atomic mass is 32.2. The van der Waals surface area contributed by atoms with E-state index >= 15 is 0 Å². The molecule has 3 fully saturated rings. The molecule has 0 unspecified atom stereocenters. The van der Waals surface area contributed by atoms with Crippen molar-refractivity contribution in [3.8, 4) is 0 Å². The molecule has 1 aliphatic carbocycles. The number of nitrogens with zero attached hydrogens (tertiary/aromatic N) is 4. The molecule has 0 spiro atoms. The molecule has 128 valence electrons. The number of aryl methyl sites for hydroxylation is 1. The molecule has 2 aliphatic heterocycles. The van der Waals surface area contributed by atoms with Crippen LogP contribution in [0.25, 0.3) is 0 Å². The van der Waals surface area contributed by atoms with Gasteiger partial charge in [0.15, 0.2) is 5.82 Å². The normalized spacial score (nSPS) is 32.5. The van der Waals surface area contributed by atoms with Crippen molar-refractivity contribution in [3.05, 3.63) is 11.7 Å². The lowest BCUT2D eigenvalue weighted by Crippen LogP contribution is -2.40. The van der Waals surface area contributed by atoms with E-state index in [1.165, 1.54) is 12.8 Å². The van der Waals surface area contributed by atoms with Crippen LogP contribution >= 0.6 is 0 Å². The van der Waals surface area contributed by atoms with Crippen LogP contribution in [0, 0.1) is 18.8 Å². The van der Waals surface area contributed by atoms with Gasteiger partial charge in [0.1, 0.15) is 0 Å². The Morgan fingerprint density at radius 1 is 1.30 bits per heavy atom. The summed E-state index contributed by atoms with van der Waals surface area (Å²) < 4.78 is 31.8. The quantitative estimate of drug-likeness (QED) is 0.782. The summed E-state index contributed by atoms with van der Waals surface area (Å²) in [5.74, 6) is 2.44. The third kappa shape index (κ3) is 2.60. The van der Waals surface area contributed by atoms with Gasteiger partial charge >= 0.3 is 0 Å². The average Bonchev–Trinajstić information content (AvgIpc) is 2.92. The Hall–Kier alpha value is -0.990. The van der Waals surface area contributed by atoms with E-state index < -0.39 is 10.0 Å². The summed E-state index contributed by atoms with van der Waals surface area (Å²) in [6.45, 7) is 7.41. The topological polar surface area (TPSA) is 79.5 Å². The highest BCUT2D eigenvalue weighted by Gasteiger charge is 2.58. The Balaban J connectivity index is 1.64. The van der Waals surface area contributed by atoms with E-state index in [1.807, 2.05) is 6.92 Å². The zero-order valence-corrected chi connectivity index (χ0v) is 14.5. The van der Waals surface area contributed by atoms with Crippen molar-refractivity contribution < 1.29 is 12.9 Å². The molecule has 4 rings (SSSR count). The third-order valence-corrected chi connectivity index (χ3v) is 7.37. The standard InChI is InChI=1S/C15H24N4O3S/c1-3-23(20,21)19-8-13-7-18(6-12-4-5-12)9-15(13,10-19)14-16-11(2)17-22-14/h12-13H,3-10H2,1-2H3/t13-,15-/m0/s1. The minimum atomic E-state index is -3.18. The summed E-state index contributed by atoms with van der Waals surface area (Å²) in [5, 5.41) is 3.95. The lowest BCUT2D eigenvalue weighted by Gasteiger charge is -2.25. The fourth-order valence-electron chi connectivity index (χ4n) is 4.12. The number of likely N-dealkylation sites (tertiary alicyclic amines) is 1. The predicted molar refractivity (Wildman–Crippen MR) is 84.4 cm³/mol. The summed E-state index contributed by atoms with van der Waals surface area (Å²) >= 11 is 0. The van der Waals surface area contributed by atoms with Crippen molar-refractivity contribution in [2.75, 3.05) is 38.5 Å². The first-order valence-corrected chi connectivity index (χ1v) is 10.0. The molecule has 1 aromatic heterocycles. The summed E-state index contributed by atoms with van der Waals surface area (Å²) in [7, 11) is -3.18. The fourth-order valence-corrected chi connectivity index (χ4v) is 5.32. The molecule has 1 saturated carbocycles. The first kappa shape index (κ1) is 15.5. The summed E-state index contributed by atoms with van der Waals surface area (Å²) in [5.41, 5.74) is -0.335. The molecule has 23 heavy (non-hydrogen) atoms. The number of rotatable bonds is 5. The second kappa shape index (κ2) is 5.26. The van der Waals surface area contributed by atoms with E-state index in [1.54, 1.807) is 11.2 Å². The third-order valence-electron chi connectivity index (χ3n) is 5.57. The summed E-state index contributed by atoms with van der Waals surface area (Å²) in [6.07, 6.45) is 2.65. The predicted octanol–water partition coefficient (Wildman–Crippen LogP) is 0.623. The molecule has 3 aliphatic rings. The minimum Gasteiger partial charge on any atom is -0.339 e. The van der Waals surface area contributed by atoms with Gasteiger partial charge in [0, 0.05) is 38.6 Å².